The highest BCUT2D eigenvalue weighted by Crippen LogP contribution is 2.10. The number of hydrogen-bond donors (Lipinski definition) is 1. The van der Waals surface area contributed by atoms with Crippen molar-refractivity contribution >= 4 is 5.78 Å². The molecule has 1 aromatic carbocycles. The van der Waals surface area contributed by atoms with Crippen LogP contribution in [0.25, 0.3) is 0 Å². The van der Waals surface area contributed by atoms with E-state index >= 15 is 0 Å². The number of hydrogen-bond acceptors (Lipinski definition) is 3. The molecule has 0 bridgehead atoms. The summed E-state index contributed by atoms with van der Waals surface area (Å²) < 4.78 is 0. The van der Waals surface area contributed by atoms with E-state index in [0.29, 0.717) is 13.1 Å². The van der Waals surface area contributed by atoms with Crippen molar-refractivity contribution in [1.82, 2.24) is 10.3 Å². The van der Waals surface area contributed by atoms with Gasteiger partial charge in [0.25, 0.3) is 0 Å². The molecule has 0 saturated carbocycles. The molecule has 0 radical (unpaired) electrons. The maximum Gasteiger partial charge on any atom is 0.176 e. The van der Waals surface area contributed by atoms with Crippen LogP contribution in [0.2, 0.25) is 0 Å². The van der Waals surface area contributed by atoms with Gasteiger partial charge in [0.1, 0.15) is 0 Å². The second kappa shape index (κ2) is 6.25. The minimum atomic E-state index is 0.126. The maximum absolute atomic E-state index is 12.1. The number of ketones is 1. The molecule has 2 rings (SSSR count). The van der Waals surface area contributed by atoms with Gasteiger partial charge in [-0.05, 0) is 31.0 Å². The minimum Gasteiger partial charge on any atom is -0.306 e. The number of aryl methyl sites for hydroxylation is 2. The van der Waals surface area contributed by atoms with Crippen LogP contribution in [0.4, 0.5) is 0 Å². The van der Waals surface area contributed by atoms with Crippen molar-refractivity contribution in [3.05, 3.63) is 65.0 Å². The van der Waals surface area contributed by atoms with Gasteiger partial charge in [-0.15, -0.1) is 0 Å². The third-order valence-corrected chi connectivity index (χ3v) is 3.02. The summed E-state index contributed by atoms with van der Waals surface area (Å²) in [7, 11) is 0. The van der Waals surface area contributed by atoms with Gasteiger partial charge in [-0.3, -0.25) is 9.78 Å². The van der Waals surface area contributed by atoms with Gasteiger partial charge in [0.15, 0.2) is 5.78 Å². The summed E-state index contributed by atoms with van der Waals surface area (Å²) in [5.41, 5.74) is 4.09. The molecule has 0 spiro atoms. The van der Waals surface area contributed by atoms with Gasteiger partial charge >= 0.3 is 0 Å². The molecule has 98 valence electrons. The number of nitrogens with one attached hydrogen (secondary N) is 1. The third-order valence-electron chi connectivity index (χ3n) is 3.02. The topological polar surface area (TPSA) is 42.0 Å². The monoisotopic (exact) mass is 254 g/mol. The van der Waals surface area contributed by atoms with Crippen LogP contribution in [0.5, 0.6) is 0 Å². The second-order valence-electron chi connectivity index (χ2n) is 4.71. The number of carbonyl (C=O) groups excluding carboxylic acids is 1. The molecule has 0 aliphatic heterocycles. The highest BCUT2D eigenvalue weighted by Gasteiger charge is 2.08. The summed E-state index contributed by atoms with van der Waals surface area (Å²) in [6, 6.07) is 9.79. The van der Waals surface area contributed by atoms with Crippen molar-refractivity contribution in [3.8, 4) is 0 Å². The number of aromatic nitrogens is 1. The highest BCUT2D eigenvalue weighted by molar-refractivity contribution is 5.98. The van der Waals surface area contributed by atoms with E-state index in [0.717, 1.165) is 16.7 Å². The van der Waals surface area contributed by atoms with Crippen molar-refractivity contribution < 1.29 is 4.79 Å². The maximum atomic E-state index is 12.1. The molecule has 3 nitrogen and oxygen atoms in total. The normalized spacial score (nSPS) is 10.4. The predicted molar refractivity (Wildman–Crippen MR) is 76.2 cm³/mol. The average Bonchev–Trinajstić information content (AvgIpc) is 2.39. The second-order valence-corrected chi connectivity index (χ2v) is 4.71. The molecule has 1 heterocycles. The van der Waals surface area contributed by atoms with Crippen molar-refractivity contribution in [2.24, 2.45) is 0 Å². The Labute approximate surface area is 113 Å². The fourth-order valence-corrected chi connectivity index (χ4v) is 2.04. The van der Waals surface area contributed by atoms with Crippen LogP contribution >= 0.6 is 0 Å². The summed E-state index contributed by atoms with van der Waals surface area (Å²) in [5.74, 6) is 0.126. The van der Waals surface area contributed by atoms with Gasteiger partial charge in [-0.1, -0.05) is 29.8 Å². The Bertz CT molecular complexity index is 564. The van der Waals surface area contributed by atoms with Gasteiger partial charge in [0.05, 0.1) is 6.54 Å². The SMILES string of the molecule is Cc1ccc(C(=O)CNCc2cccnc2)c(C)c1. The minimum absolute atomic E-state index is 0.126. The zero-order valence-electron chi connectivity index (χ0n) is 11.3. The summed E-state index contributed by atoms with van der Waals surface area (Å²) in [6.07, 6.45) is 3.54. The lowest BCUT2D eigenvalue weighted by atomic mass is 10.0. The quantitative estimate of drug-likeness (QED) is 0.834. The molecular weight excluding hydrogens is 236 g/mol. The molecule has 0 amide bonds. The first-order chi connectivity index (χ1) is 9.16. The molecule has 1 aromatic heterocycles. The predicted octanol–water partition coefficient (Wildman–Crippen LogP) is 2.67. The molecule has 3 heteroatoms. The van der Waals surface area contributed by atoms with Crippen molar-refractivity contribution in [1.29, 1.82) is 0 Å². The van der Waals surface area contributed by atoms with Crippen LogP contribution < -0.4 is 5.32 Å². The van der Waals surface area contributed by atoms with E-state index in [1.165, 1.54) is 5.56 Å². The zero-order chi connectivity index (χ0) is 13.7. The van der Waals surface area contributed by atoms with Crippen LogP contribution in [0, 0.1) is 13.8 Å². The number of carbonyl (C=O) groups is 1. The van der Waals surface area contributed by atoms with E-state index < -0.39 is 0 Å². The average molecular weight is 254 g/mol. The van der Waals surface area contributed by atoms with Gasteiger partial charge in [0, 0.05) is 24.5 Å². The summed E-state index contributed by atoms with van der Waals surface area (Å²) in [6.45, 7) is 5.01. The number of benzene rings is 1. The number of nitrogens with zero attached hydrogens (tertiary/aromatic N) is 1. The molecule has 0 unspecified atom stereocenters. The fourth-order valence-electron chi connectivity index (χ4n) is 2.04. The number of rotatable bonds is 5. The molecule has 0 fully saturated rings. The molecule has 19 heavy (non-hydrogen) atoms. The Morgan fingerprint density at radius 2 is 2.11 bits per heavy atom. The molecule has 1 N–H and O–H groups in total. The Hall–Kier alpha value is -2.00. The molecule has 0 saturated heterocycles. The summed E-state index contributed by atoms with van der Waals surface area (Å²) in [5, 5.41) is 3.15. The van der Waals surface area contributed by atoms with Crippen LogP contribution in [0.1, 0.15) is 27.0 Å². The van der Waals surface area contributed by atoms with Gasteiger partial charge in [-0.25, -0.2) is 0 Å². The summed E-state index contributed by atoms with van der Waals surface area (Å²) >= 11 is 0. The Balaban J connectivity index is 1.91. The van der Waals surface area contributed by atoms with Crippen molar-refractivity contribution in [3.63, 3.8) is 0 Å². The van der Waals surface area contributed by atoms with Gasteiger partial charge in [-0.2, -0.15) is 0 Å². The lowest BCUT2D eigenvalue weighted by molar-refractivity contribution is 0.0990. The molecular formula is C16H18N2O. The molecule has 0 atom stereocenters. The largest absolute Gasteiger partial charge is 0.306 e. The Kier molecular flexibility index (Phi) is 4.42. The number of Topliss-reactive ketones (excluding diaryl/α,β-unsaturated/α-hetero) is 1. The Morgan fingerprint density at radius 3 is 2.79 bits per heavy atom. The third kappa shape index (κ3) is 3.73. The molecule has 2 aromatic rings. The van der Waals surface area contributed by atoms with E-state index in [4.69, 9.17) is 0 Å². The fraction of sp³-hybridized carbons (Fsp3) is 0.250. The van der Waals surface area contributed by atoms with E-state index in [1.54, 1.807) is 12.4 Å². The standard InChI is InChI=1S/C16H18N2O/c1-12-5-6-15(13(2)8-12)16(19)11-18-10-14-4-3-7-17-9-14/h3-9,18H,10-11H2,1-2H3. The first-order valence-corrected chi connectivity index (χ1v) is 6.37. The van der Waals surface area contributed by atoms with Gasteiger partial charge in [0.2, 0.25) is 0 Å². The first-order valence-electron chi connectivity index (χ1n) is 6.37. The lowest BCUT2D eigenvalue weighted by Gasteiger charge is -2.07. The highest BCUT2D eigenvalue weighted by atomic mass is 16.1. The van der Waals surface area contributed by atoms with Crippen LogP contribution in [0.15, 0.2) is 42.7 Å². The summed E-state index contributed by atoms with van der Waals surface area (Å²) in [4.78, 5) is 16.1. The van der Waals surface area contributed by atoms with Crippen LogP contribution in [-0.2, 0) is 6.54 Å². The van der Waals surface area contributed by atoms with E-state index in [2.05, 4.69) is 10.3 Å². The van der Waals surface area contributed by atoms with Crippen molar-refractivity contribution in [2.75, 3.05) is 6.54 Å². The number of pyridine rings is 1. The first kappa shape index (κ1) is 13.4. The lowest BCUT2D eigenvalue weighted by Crippen LogP contribution is -2.23. The Morgan fingerprint density at radius 1 is 1.26 bits per heavy atom. The molecule has 0 aliphatic carbocycles. The van der Waals surface area contributed by atoms with E-state index in [9.17, 15) is 4.79 Å². The van der Waals surface area contributed by atoms with Crippen LogP contribution in [0.3, 0.4) is 0 Å². The molecule has 0 aliphatic rings. The smallest absolute Gasteiger partial charge is 0.176 e. The van der Waals surface area contributed by atoms with E-state index in [1.807, 2.05) is 44.2 Å². The zero-order valence-corrected chi connectivity index (χ0v) is 11.3. The van der Waals surface area contributed by atoms with Crippen molar-refractivity contribution in [2.45, 2.75) is 20.4 Å². The van der Waals surface area contributed by atoms with Crippen LogP contribution in [-0.4, -0.2) is 17.3 Å². The van der Waals surface area contributed by atoms with Gasteiger partial charge < -0.3 is 5.32 Å². The van der Waals surface area contributed by atoms with E-state index in [-0.39, 0.29) is 5.78 Å².